The van der Waals surface area contributed by atoms with Crippen molar-refractivity contribution in [2.75, 3.05) is 6.61 Å². The largest absolute Gasteiger partial charge is 0.477 e. The third-order valence-electron chi connectivity index (χ3n) is 2.33. The molecule has 0 bridgehead atoms. The maximum Gasteiger partial charge on any atom is 0.224 e. The van der Waals surface area contributed by atoms with E-state index in [2.05, 4.69) is 4.98 Å². The fourth-order valence-electron chi connectivity index (χ4n) is 1.56. The molecule has 86 valence electrons. The highest BCUT2D eigenvalue weighted by Gasteiger charge is 2.14. The van der Waals surface area contributed by atoms with Gasteiger partial charge in [0.25, 0.3) is 0 Å². The number of nitrogens with zero attached hydrogens (tertiary/aromatic N) is 1. The Bertz CT molecular complexity index is 509. The van der Waals surface area contributed by atoms with E-state index in [9.17, 15) is 4.79 Å². The average molecular weight is 227 g/mol. The second kappa shape index (κ2) is 5.25. The molecule has 0 N–H and O–H groups in total. The molecule has 0 atom stereocenters. The van der Waals surface area contributed by atoms with Crippen molar-refractivity contribution in [2.45, 2.75) is 6.92 Å². The van der Waals surface area contributed by atoms with Gasteiger partial charge in [-0.3, -0.25) is 4.79 Å². The van der Waals surface area contributed by atoms with Gasteiger partial charge in [-0.15, -0.1) is 0 Å². The normalized spacial score (nSPS) is 9.94. The van der Waals surface area contributed by atoms with Crippen molar-refractivity contribution in [3.8, 4) is 5.88 Å². The molecule has 0 spiro atoms. The third kappa shape index (κ3) is 2.50. The number of aromatic nitrogens is 1. The van der Waals surface area contributed by atoms with Gasteiger partial charge < -0.3 is 4.74 Å². The van der Waals surface area contributed by atoms with Crippen molar-refractivity contribution in [3.63, 3.8) is 0 Å². The number of hydrogen-bond donors (Lipinski definition) is 0. The molecule has 0 radical (unpaired) electrons. The van der Waals surface area contributed by atoms with E-state index < -0.39 is 0 Å². The van der Waals surface area contributed by atoms with Crippen LogP contribution in [-0.4, -0.2) is 17.4 Å². The van der Waals surface area contributed by atoms with E-state index in [1.54, 1.807) is 30.5 Å². The van der Waals surface area contributed by atoms with Crippen molar-refractivity contribution in [2.24, 2.45) is 0 Å². The van der Waals surface area contributed by atoms with Crippen molar-refractivity contribution in [1.82, 2.24) is 4.98 Å². The lowest BCUT2D eigenvalue weighted by atomic mass is 10.0. The molecule has 0 aliphatic rings. The van der Waals surface area contributed by atoms with Crippen LogP contribution in [0.4, 0.5) is 0 Å². The smallest absolute Gasteiger partial charge is 0.224 e. The summed E-state index contributed by atoms with van der Waals surface area (Å²) < 4.78 is 5.35. The number of rotatable bonds is 4. The standard InChI is InChI=1S/C14H13NO2/c1-2-17-14-12(9-6-10-15-14)13(16)11-7-4-3-5-8-11/h3-10H,2H2,1H3. The van der Waals surface area contributed by atoms with E-state index >= 15 is 0 Å². The molecule has 0 saturated heterocycles. The fraction of sp³-hybridized carbons (Fsp3) is 0.143. The maximum absolute atomic E-state index is 12.2. The summed E-state index contributed by atoms with van der Waals surface area (Å²) in [5, 5.41) is 0. The summed E-state index contributed by atoms with van der Waals surface area (Å²) in [6, 6.07) is 12.6. The van der Waals surface area contributed by atoms with Gasteiger partial charge in [-0.1, -0.05) is 30.3 Å². The predicted molar refractivity (Wildman–Crippen MR) is 65.3 cm³/mol. The van der Waals surface area contributed by atoms with Gasteiger partial charge in [0.05, 0.1) is 12.2 Å². The highest BCUT2D eigenvalue weighted by Crippen LogP contribution is 2.18. The van der Waals surface area contributed by atoms with Gasteiger partial charge in [-0.2, -0.15) is 0 Å². The van der Waals surface area contributed by atoms with Crippen LogP contribution in [-0.2, 0) is 0 Å². The molecule has 0 saturated carbocycles. The molecule has 2 rings (SSSR count). The number of carbonyl (C=O) groups is 1. The highest BCUT2D eigenvalue weighted by atomic mass is 16.5. The minimum absolute atomic E-state index is 0.0675. The molecule has 1 heterocycles. The first-order chi connectivity index (χ1) is 8.33. The quantitative estimate of drug-likeness (QED) is 0.754. The van der Waals surface area contributed by atoms with Crippen molar-refractivity contribution in [3.05, 3.63) is 59.8 Å². The van der Waals surface area contributed by atoms with E-state index in [0.717, 1.165) is 0 Å². The predicted octanol–water partition coefficient (Wildman–Crippen LogP) is 2.71. The molecular formula is C14H13NO2. The van der Waals surface area contributed by atoms with Crippen LogP contribution in [0.3, 0.4) is 0 Å². The molecule has 3 nitrogen and oxygen atoms in total. The molecule has 0 aliphatic carbocycles. The number of ketones is 1. The Morgan fingerprint density at radius 2 is 1.94 bits per heavy atom. The molecule has 0 amide bonds. The van der Waals surface area contributed by atoms with E-state index in [1.165, 1.54) is 0 Å². The van der Waals surface area contributed by atoms with Crippen LogP contribution in [0.5, 0.6) is 5.88 Å². The van der Waals surface area contributed by atoms with Crippen LogP contribution in [0, 0.1) is 0 Å². The molecule has 0 fully saturated rings. The minimum Gasteiger partial charge on any atom is -0.477 e. The van der Waals surface area contributed by atoms with Crippen LogP contribution in [0.25, 0.3) is 0 Å². The molecule has 1 aromatic carbocycles. The average Bonchev–Trinajstić information content (AvgIpc) is 2.40. The summed E-state index contributed by atoms with van der Waals surface area (Å²) in [6.07, 6.45) is 1.62. The molecular weight excluding hydrogens is 214 g/mol. The molecule has 17 heavy (non-hydrogen) atoms. The second-order valence-corrected chi connectivity index (χ2v) is 3.48. The SMILES string of the molecule is CCOc1ncccc1C(=O)c1ccccc1. The Balaban J connectivity index is 2.37. The van der Waals surface area contributed by atoms with Gasteiger partial charge in [-0.05, 0) is 19.1 Å². The van der Waals surface area contributed by atoms with Gasteiger partial charge in [0.15, 0.2) is 5.78 Å². The first-order valence-electron chi connectivity index (χ1n) is 5.50. The number of benzene rings is 1. The topological polar surface area (TPSA) is 39.2 Å². The van der Waals surface area contributed by atoms with Crippen LogP contribution < -0.4 is 4.74 Å². The number of ether oxygens (including phenoxy) is 1. The summed E-state index contributed by atoms with van der Waals surface area (Å²) >= 11 is 0. The minimum atomic E-state index is -0.0675. The first-order valence-corrected chi connectivity index (χ1v) is 5.50. The zero-order chi connectivity index (χ0) is 12.1. The summed E-state index contributed by atoms with van der Waals surface area (Å²) in [5.41, 5.74) is 1.14. The van der Waals surface area contributed by atoms with E-state index in [1.807, 2.05) is 25.1 Å². The Labute approximate surface area is 100 Å². The van der Waals surface area contributed by atoms with Crippen molar-refractivity contribution < 1.29 is 9.53 Å². The Kier molecular flexibility index (Phi) is 3.50. The van der Waals surface area contributed by atoms with Gasteiger partial charge in [-0.25, -0.2) is 4.98 Å². The maximum atomic E-state index is 12.2. The Hall–Kier alpha value is -2.16. The van der Waals surface area contributed by atoms with Crippen LogP contribution in [0.1, 0.15) is 22.8 Å². The summed E-state index contributed by atoms with van der Waals surface area (Å²) in [5.74, 6) is 0.325. The molecule has 1 aromatic heterocycles. The lowest BCUT2D eigenvalue weighted by Crippen LogP contribution is -2.06. The number of pyridine rings is 1. The molecule has 0 aliphatic heterocycles. The van der Waals surface area contributed by atoms with Gasteiger partial charge in [0.2, 0.25) is 5.88 Å². The van der Waals surface area contributed by atoms with Crippen LogP contribution >= 0.6 is 0 Å². The Morgan fingerprint density at radius 3 is 2.65 bits per heavy atom. The summed E-state index contributed by atoms with van der Waals surface area (Å²) in [4.78, 5) is 16.3. The van der Waals surface area contributed by atoms with Crippen LogP contribution in [0.2, 0.25) is 0 Å². The zero-order valence-corrected chi connectivity index (χ0v) is 9.59. The summed E-state index contributed by atoms with van der Waals surface area (Å²) in [7, 11) is 0. The first kappa shape index (κ1) is 11.3. The molecule has 2 aromatic rings. The van der Waals surface area contributed by atoms with E-state index in [-0.39, 0.29) is 5.78 Å². The molecule has 3 heteroatoms. The monoisotopic (exact) mass is 227 g/mol. The zero-order valence-electron chi connectivity index (χ0n) is 9.59. The summed E-state index contributed by atoms with van der Waals surface area (Å²) in [6.45, 7) is 2.36. The lowest BCUT2D eigenvalue weighted by molar-refractivity contribution is 0.103. The second-order valence-electron chi connectivity index (χ2n) is 3.48. The number of carbonyl (C=O) groups excluding carboxylic acids is 1. The van der Waals surface area contributed by atoms with E-state index in [0.29, 0.717) is 23.6 Å². The highest BCUT2D eigenvalue weighted by molar-refractivity contribution is 6.10. The van der Waals surface area contributed by atoms with Gasteiger partial charge in [0.1, 0.15) is 0 Å². The third-order valence-corrected chi connectivity index (χ3v) is 2.33. The van der Waals surface area contributed by atoms with Crippen LogP contribution in [0.15, 0.2) is 48.7 Å². The van der Waals surface area contributed by atoms with Crippen molar-refractivity contribution in [1.29, 1.82) is 0 Å². The van der Waals surface area contributed by atoms with Gasteiger partial charge in [0, 0.05) is 11.8 Å². The van der Waals surface area contributed by atoms with Gasteiger partial charge >= 0.3 is 0 Å². The fourth-order valence-corrected chi connectivity index (χ4v) is 1.56. The lowest BCUT2D eigenvalue weighted by Gasteiger charge is -2.07. The Morgan fingerprint density at radius 1 is 1.18 bits per heavy atom. The number of hydrogen-bond acceptors (Lipinski definition) is 3. The molecule has 0 unspecified atom stereocenters. The van der Waals surface area contributed by atoms with E-state index in [4.69, 9.17) is 4.74 Å². The van der Waals surface area contributed by atoms with Crippen molar-refractivity contribution >= 4 is 5.78 Å².